The Kier molecular flexibility index (Phi) is 5.02. The van der Waals surface area contributed by atoms with Crippen LogP contribution < -0.4 is 10.1 Å². The van der Waals surface area contributed by atoms with Crippen LogP contribution in [0.3, 0.4) is 0 Å². The minimum atomic E-state index is -0.105. The first-order valence-electron chi connectivity index (χ1n) is 11.5. The average molecular weight is 424 g/mol. The maximum absolute atomic E-state index is 12.5. The van der Waals surface area contributed by atoms with Crippen molar-refractivity contribution in [3.63, 3.8) is 0 Å². The Morgan fingerprint density at radius 3 is 2.77 bits per heavy atom. The smallest absolute Gasteiger partial charge is 0.222 e. The Morgan fingerprint density at radius 1 is 1.23 bits per heavy atom. The first-order valence-corrected chi connectivity index (χ1v) is 11.5. The van der Waals surface area contributed by atoms with Gasteiger partial charge in [-0.25, -0.2) is 0 Å². The molecular formula is C26H33NO4. The van der Waals surface area contributed by atoms with Crippen LogP contribution in [0.2, 0.25) is 0 Å². The molecule has 0 radical (unpaired) electrons. The summed E-state index contributed by atoms with van der Waals surface area (Å²) < 4.78 is 11.8. The number of carbonyl (C=O) groups is 1. The third kappa shape index (κ3) is 3.16. The van der Waals surface area contributed by atoms with Gasteiger partial charge in [0.15, 0.2) is 0 Å². The number of rotatable bonds is 5. The Hall–Kier alpha value is -2.11. The highest BCUT2D eigenvalue weighted by Crippen LogP contribution is 2.70. The summed E-state index contributed by atoms with van der Waals surface area (Å²) in [7, 11) is 1.69. The van der Waals surface area contributed by atoms with E-state index in [1.54, 1.807) is 7.11 Å². The minimum Gasteiger partial charge on any atom is -0.497 e. The zero-order valence-electron chi connectivity index (χ0n) is 18.7. The summed E-state index contributed by atoms with van der Waals surface area (Å²) in [6.45, 7) is 5.23. The van der Waals surface area contributed by atoms with E-state index in [1.807, 2.05) is 6.07 Å². The number of aliphatic hydroxyl groups is 1. The number of hydrogen-bond donors (Lipinski definition) is 2. The molecule has 2 saturated carbocycles. The molecule has 2 N–H and O–H groups in total. The lowest BCUT2D eigenvalue weighted by atomic mass is 9.58. The van der Waals surface area contributed by atoms with Gasteiger partial charge in [-0.1, -0.05) is 32.0 Å². The molecular weight excluding hydrogens is 390 g/mol. The molecule has 2 bridgehead atoms. The molecule has 1 saturated heterocycles. The number of aliphatic hydroxyl groups excluding tert-OH is 1. The van der Waals surface area contributed by atoms with Crippen molar-refractivity contribution in [2.24, 2.45) is 22.7 Å². The standard InChI is InChI=1S/C26H33NO4/c1-25(2)19-14-21-23(18-5-4-17-13-20(30-3)7-6-16(17)12-18)31-11-9-26(21,15-19)24(25)27-22(29)8-10-28/h4-7,12-13,19,21,23-24,28H,8-11,14-15H2,1-3H3,(H,27,29)/t19-,21-,23-,24-,26?/m1/s1. The highest BCUT2D eigenvalue weighted by molar-refractivity contribution is 5.84. The molecule has 1 spiro atoms. The van der Waals surface area contributed by atoms with Crippen LogP contribution in [0.25, 0.3) is 10.8 Å². The third-order valence-electron chi connectivity index (χ3n) is 8.55. The molecule has 3 fully saturated rings. The van der Waals surface area contributed by atoms with Crippen molar-refractivity contribution in [2.45, 2.75) is 51.7 Å². The predicted molar refractivity (Wildman–Crippen MR) is 120 cm³/mol. The van der Waals surface area contributed by atoms with E-state index >= 15 is 0 Å². The van der Waals surface area contributed by atoms with Gasteiger partial charge in [-0.2, -0.15) is 0 Å². The van der Waals surface area contributed by atoms with Crippen molar-refractivity contribution >= 4 is 16.7 Å². The number of benzene rings is 2. The summed E-state index contributed by atoms with van der Waals surface area (Å²) >= 11 is 0. The summed E-state index contributed by atoms with van der Waals surface area (Å²) in [5.41, 5.74) is 1.35. The molecule has 3 aliphatic rings. The van der Waals surface area contributed by atoms with E-state index in [9.17, 15) is 9.90 Å². The van der Waals surface area contributed by atoms with Gasteiger partial charge in [-0.05, 0) is 76.5 Å². The number of fused-ring (bicyclic) bond motifs is 2. The quantitative estimate of drug-likeness (QED) is 0.755. The Morgan fingerprint density at radius 2 is 2.00 bits per heavy atom. The topological polar surface area (TPSA) is 67.8 Å². The van der Waals surface area contributed by atoms with Crippen LogP contribution in [0.4, 0.5) is 0 Å². The van der Waals surface area contributed by atoms with Crippen LogP contribution in [0.5, 0.6) is 5.75 Å². The lowest BCUT2D eigenvalue weighted by Gasteiger charge is -2.53. The number of carbonyl (C=O) groups excluding carboxylic acids is 1. The summed E-state index contributed by atoms with van der Waals surface area (Å²) in [4.78, 5) is 12.5. The second kappa shape index (κ2) is 7.49. The van der Waals surface area contributed by atoms with Crippen molar-refractivity contribution in [1.29, 1.82) is 0 Å². The molecule has 2 aromatic rings. The van der Waals surface area contributed by atoms with Crippen LogP contribution in [0.1, 0.15) is 51.2 Å². The van der Waals surface area contributed by atoms with Crippen molar-refractivity contribution < 1.29 is 19.4 Å². The molecule has 0 aromatic heterocycles. The van der Waals surface area contributed by atoms with Crippen molar-refractivity contribution in [1.82, 2.24) is 5.32 Å². The molecule has 5 heteroatoms. The van der Waals surface area contributed by atoms with Gasteiger partial charge < -0.3 is 19.9 Å². The van der Waals surface area contributed by atoms with Crippen LogP contribution in [0.15, 0.2) is 36.4 Å². The first-order chi connectivity index (χ1) is 14.9. The highest BCUT2D eigenvalue weighted by atomic mass is 16.5. The van der Waals surface area contributed by atoms with E-state index in [1.165, 1.54) is 10.9 Å². The highest BCUT2D eigenvalue weighted by Gasteiger charge is 2.68. The van der Waals surface area contributed by atoms with Crippen molar-refractivity contribution in [2.75, 3.05) is 20.3 Å². The monoisotopic (exact) mass is 423 g/mol. The van der Waals surface area contributed by atoms with Gasteiger partial charge in [0, 0.05) is 19.1 Å². The molecule has 1 amide bonds. The van der Waals surface area contributed by atoms with E-state index < -0.39 is 0 Å². The molecule has 2 aromatic carbocycles. The summed E-state index contributed by atoms with van der Waals surface area (Å²) in [6, 6.07) is 12.9. The zero-order chi connectivity index (χ0) is 21.8. The molecule has 1 unspecified atom stereocenters. The van der Waals surface area contributed by atoms with Gasteiger partial charge in [-0.15, -0.1) is 0 Å². The number of ether oxygens (including phenoxy) is 2. The lowest BCUT2D eigenvalue weighted by molar-refractivity contribution is -0.137. The van der Waals surface area contributed by atoms with E-state index in [4.69, 9.17) is 9.47 Å². The fraction of sp³-hybridized carbons (Fsp3) is 0.577. The molecule has 5 nitrogen and oxygen atoms in total. The SMILES string of the molecule is COc1ccc2cc([C@H]3OCCC45C[C@@H](C[C@H]34)C(C)(C)[C@H]5NC(=O)CCO)ccc2c1. The number of hydrogen-bond acceptors (Lipinski definition) is 4. The van der Waals surface area contributed by atoms with Crippen molar-refractivity contribution in [3.8, 4) is 5.75 Å². The molecule has 166 valence electrons. The Balaban J connectivity index is 1.48. The van der Waals surface area contributed by atoms with Gasteiger partial charge in [0.2, 0.25) is 5.91 Å². The average Bonchev–Trinajstić information content (AvgIpc) is 3.25. The Labute approximate surface area is 184 Å². The zero-order valence-corrected chi connectivity index (χ0v) is 18.7. The first kappa shape index (κ1) is 20.8. The maximum atomic E-state index is 12.5. The van der Waals surface area contributed by atoms with Gasteiger partial charge in [-0.3, -0.25) is 4.79 Å². The number of amides is 1. The Bertz CT molecular complexity index is 1000. The van der Waals surface area contributed by atoms with Gasteiger partial charge in [0.1, 0.15) is 5.75 Å². The number of methoxy groups -OCH3 is 1. The molecule has 2 aliphatic carbocycles. The molecule has 1 heterocycles. The summed E-state index contributed by atoms with van der Waals surface area (Å²) in [6.07, 6.45) is 3.51. The van der Waals surface area contributed by atoms with Crippen molar-refractivity contribution in [3.05, 3.63) is 42.0 Å². The van der Waals surface area contributed by atoms with E-state index in [0.29, 0.717) is 11.8 Å². The molecule has 5 rings (SSSR count). The van der Waals surface area contributed by atoms with Gasteiger partial charge in [0.05, 0.1) is 19.8 Å². The second-order valence-electron chi connectivity index (χ2n) is 10.3. The van der Waals surface area contributed by atoms with Gasteiger partial charge >= 0.3 is 0 Å². The fourth-order valence-electron chi connectivity index (χ4n) is 7.00. The predicted octanol–water partition coefficient (Wildman–Crippen LogP) is 4.23. The fourth-order valence-corrected chi connectivity index (χ4v) is 7.00. The van der Waals surface area contributed by atoms with Crippen LogP contribution in [-0.4, -0.2) is 37.4 Å². The second-order valence-corrected chi connectivity index (χ2v) is 10.3. The summed E-state index contributed by atoms with van der Waals surface area (Å²) in [5, 5.41) is 14.9. The van der Waals surface area contributed by atoms with E-state index in [0.717, 1.165) is 37.0 Å². The molecule has 31 heavy (non-hydrogen) atoms. The molecule has 1 aliphatic heterocycles. The maximum Gasteiger partial charge on any atom is 0.222 e. The van der Waals surface area contributed by atoms with Crippen LogP contribution >= 0.6 is 0 Å². The van der Waals surface area contributed by atoms with E-state index in [-0.39, 0.29) is 41.9 Å². The van der Waals surface area contributed by atoms with E-state index in [2.05, 4.69) is 49.5 Å². The van der Waals surface area contributed by atoms with Gasteiger partial charge in [0.25, 0.3) is 0 Å². The summed E-state index contributed by atoms with van der Waals surface area (Å²) in [5.74, 6) is 1.80. The lowest BCUT2D eigenvalue weighted by Crippen LogP contribution is -2.59. The molecule has 5 atom stereocenters. The normalized spacial score (nSPS) is 33.3. The minimum absolute atomic E-state index is 0.0380. The van der Waals surface area contributed by atoms with Crippen LogP contribution in [-0.2, 0) is 9.53 Å². The van der Waals surface area contributed by atoms with Crippen LogP contribution in [0, 0.1) is 22.7 Å². The third-order valence-corrected chi connectivity index (χ3v) is 8.55. The largest absolute Gasteiger partial charge is 0.497 e. The number of nitrogens with one attached hydrogen (secondary N) is 1.